The molecule has 0 heterocycles. The summed E-state index contributed by atoms with van der Waals surface area (Å²) in [5, 5.41) is 9.40. The number of aliphatic hydroxyl groups is 1. The summed E-state index contributed by atoms with van der Waals surface area (Å²) in [6.07, 6.45) is 0. The first-order chi connectivity index (χ1) is 4.02. The number of hydrogen-bond donors (Lipinski definition) is 1. The Bertz CT molecular complexity index is 71.5. The second-order valence-electron chi connectivity index (χ2n) is 2.67. The fraction of sp³-hybridized carbons (Fsp3) is 1.00. The summed E-state index contributed by atoms with van der Waals surface area (Å²) in [5.74, 6) is 0. The van der Waals surface area contributed by atoms with Crippen LogP contribution in [0, 0.1) is 0 Å². The predicted molar refractivity (Wildman–Crippen MR) is 39.2 cm³/mol. The van der Waals surface area contributed by atoms with Gasteiger partial charge in [0.05, 0.1) is 0 Å². The molecule has 0 saturated heterocycles. The van der Waals surface area contributed by atoms with Crippen molar-refractivity contribution in [1.82, 2.24) is 4.90 Å². The summed E-state index contributed by atoms with van der Waals surface area (Å²) < 4.78 is 0. The van der Waals surface area contributed by atoms with Crippen LogP contribution in [0.4, 0.5) is 0 Å². The zero-order chi connectivity index (χ0) is 7.49. The van der Waals surface area contributed by atoms with E-state index >= 15 is 0 Å². The van der Waals surface area contributed by atoms with Gasteiger partial charge in [0, 0.05) is 0 Å². The molecule has 0 aromatic rings. The molecule has 0 aliphatic heterocycles. The molecular weight excluding hydrogens is 114 g/mol. The molecule has 0 bridgehead atoms. The smallest absolute Gasteiger partial charge is 0.112 e. The maximum absolute atomic E-state index is 9.40. The quantitative estimate of drug-likeness (QED) is 0.579. The minimum atomic E-state index is -0.649. The summed E-state index contributed by atoms with van der Waals surface area (Å²) >= 11 is 0. The van der Waals surface area contributed by atoms with Crippen molar-refractivity contribution in [2.75, 3.05) is 13.1 Å². The van der Waals surface area contributed by atoms with Crippen molar-refractivity contribution >= 4 is 0 Å². The van der Waals surface area contributed by atoms with Gasteiger partial charge in [0.2, 0.25) is 0 Å². The fourth-order valence-electron chi connectivity index (χ4n) is 0.997. The van der Waals surface area contributed by atoms with E-state index in [1.54, 1.807) is 13.8 Å². The minimum Gasteiger partial charge on any atom is -0.376 e. The summed E-state index contributed by atoms with van der Waals surface area (Å²) in [5.41, 5.74) is -0.649. The number of hydrogen-bond acceptors (Lipinski definition) is 2. The van der Waals surface area contributed by atoms with Crippen LogP contribution in [0.25, 0.3) is 0 Å². The Balaban J connectivity index is 3.79. The molecule has 0 atom stereocenters. The van der Waals surface area contributed by atoms with E-state index < -0.39 is 5.72 Å². The number of rotatable bonds is 3. The molecule has 2 nitrogen and oxygen atoms in total. The van der Waals surface area contributed by atoms with E-state index in [0.717, 1.165) is 13.1 Å². The van der Waals surface area contributed by atoms with Crippen LogP contribution < -0.4 is 0 Å². The molecule has 0 aromatic carbocycles. The van der Waals surface area contributed by atoms with Crippen molar-refractivity contribution in [3.05, 3.63) is 0 Å². The molecule has 0 fully saturated rings. The molecule has 0 aliphatic rings. The van der Waals surface area contributed by atoms with Gasteiger partial charge in [-0.25, -0.2) is 0 Å². The average molecular weight is 131 g/mol. The fourth-order valence-corrected chi connectivity index (χ4v) is 0.997. The van der Waals surface area contributed by atoms with Crippen LogP contribution in [0.1, 0.15) is 27.7 Å². The lowest BCUT2D eigenvalue weighted by Crippen LogP contribution is -2.43. The molecule has 0 unspecified atom stereocenters. The lowest BCUT2D eigenvalue weighted by Gasteiger charge is -2.31. The van der Waals surface area contributed by atoms with Gasteiger partial charge in [0.25, 0.3) is 0 Å². The van der Waals surface area contributed by atoms with Gasteiger partial charge in [-0.1, -0.05) is 13.8 Å². The van der Waals surface area contributed by atoms with E-state index in [4.69, 9.17) is 0 Å². The topological polar surface area (TPSA) is 23.5 Å². The molecule has 56 valence electrons. The Morgan fingerprint density at radius 3 is 1.56 bits per heavy atom. The first kappa shape index (κ1) is 8.92. The zero-order valence-corrected chi connectivity index (χ0v) is 6.81. The predicted octanol–water partition coefficient (Wildman–Crippen LogP) is 1.06. The number of nitrogens with zero attached hydrogens (tertiary/aromatic N) is 1. The first-order valence-corrected chi connectivity index (χ1v) is 3.49. The van der Waals surface area contributed by atoms with Crippen LogP contribution in [-0.4, -0.2) is 28.8 Å². The highest BCUT2D eigenvalue weighted by molar-refractivity contribution is 4.65. The standard InChI is InChI=1S/C7H17NO/c1-5-8(6-2)7(3,4)9/h9H,5-6H2,1-4H3. The molecule has 0 radical (unpaired) electrons. The van der Waals surface area contributed by atoms with Crippen molar-refractivity contribution in [2.24, 2.45) is 0 Å². The Hall–Kier alpha value is -0.0800. The van der Waals surface area contributed by atoms with E-state index in [9.17, 15) is 5.11 Å². The van der Waals surface area contributed by atoms with Crippen molar-refractivity contribution < 1.29 is 5.11 Å². The second kappa shape index (κ2) is 3.18. The Labute approximate surface area is 57.5 Å². The van der Waals surface area contributed by atoms with Crippen molar-refractivity contribution in [3.63, 3.8) is 0 Å². The molecule has 0 rings (SSSR count). The maximum Gasteiger partial charge on any atom is 0.112 e. The summed E-state index contributed by atoms with van der Waals surface area (Å²) in [4.78, 5) is 1.99. The van der Waals surface area contributed by atoms with Gasteiger partial charge in [-0.15, -0.1) is 0 Å². The summed E-state index contributed by atoms with van der Waals surface area (Å²) in [6, 6.07) is 0. The lowest BCUT2D eigenvalue weighted by molar-refractivity contribution is -0.0725. The third kappa shape index (κ3) is 2.82. The van der Waals surface area contributed by atoms with Gasteiger partial charge in [0.1, 0.15) is 5.72 Å². The van der Waals surface area contributed by atoms with Crippen molar-refractivity contribution in [2.45, 2.75) is 33.4 Å². The third-order valence-corrected chi connectivity index (χ3v) is 1.54. The van der Waals surface area contributed by atoms with Gasteiger partial charge in [-0.3, -0.25) is 4.90 Å². The van der Waals surface area contributed by atoms with E-state index in [0.29, 0.717) is 0 Å². The van der Waals surface area contributed by atoms with Gasteiger partial charge in [-0.2, -0.15) is 0 Å². The van der Waals surface area contributed by atoms with E-state index in [1.165, 1.54) is 0 Å². The Morgan fingerprint density at radius 2 is 1.56 bits per heavy atom. The van der Waals surface area contributed by atoms with Crippen LogP contribution >= 0.6 is 0 Å². The van der Waals surface area contributed by atoms with E-state index in [-0.39, 0.29) is 0 Å². The third-order valence-electron chi connectivity index (χ3n) is 1.54. The highest BCUT2D eigenvalue weighted by Crippen LogP contribution is 2.07. The summed E-state index contributed by atoms with van der Waals surface area (Å²) in [6.45, 7) is 9.50. The SMILES string of the molecule is CCN(CC)C(C)(C)O. The molecule has 0 spiro atoms. The van der Waals surface area contributed by atoms with E-state index in [1.807, 2.05) is 18.7 Å². The van der Waals surface area contributed by atoms with Crippen LogP contribution in [0.2, 0.25) is 0 Å². The monoisotopic (exact) mass is 131 g/mol. The molecule has 9 heavy (non-hydrogen) atoms. The van der Waals surface area contributed by atoms with Crippen LogP contribution in [0.15, 0.2) is 0 Å². The molecule has 0 saturated carbocycles. The Morgan fingerprint density at radius 1 is 1.22 bits per heavy atom. The van der Waals surface area contributed by atoms with Crippen LogP contribution in [0.3, 0.4) is 0 Å². The Kier molecular flexibility index (Phi) is 3.15. The minimum absolute atomic E-state index is 0.649. The maximum atomic E-state index is 9.40. The molecule has 1 N–H and O–H groups in total. The zero-order valence-electron chi connectivity index (χ0n) is 6.81. The van der Waals surface area contributed by atoms with Gasteiger partial charge in [0.15, 0.2) is 0 Å². The lowest BCUT2D eigenvalue weighted by atomic mass is 10.2. The molecule has 0 amide bonds. The van der Waals surface area contributed by atoms with Crippen LogP contribution in [-0.2, 0) is 0 Å². The van der Waals surface area contributed by atoms with Crippen molar-refractivity contribution in [3.8, 4) is 0 Å². The van der Waals surface area contributed by atoms with Crippen molar-refractivity contribution in [1.29, 1.82) is 0 Å². The van der Waals surface area contributed by atoms with E-state index in [2.05, 4.69) is 0 Å². The first-order valence-electron chi connectivity index (χ1n) is 3.49. The average Bonchev–Trinajstić information content (AvgIpc) is 1.65. The highest BCUT2D eigenvalue weighted by Gasteiger charge is 2.18. The second-order valence-corrected chi connectivity index (χ2v) is 2.67. The van der Waals surface area contributed by atoms with Gasteiger partial charge < -0.3 is 5.11 Å². The molecule has 0 aromatic heterocycles. The normalized spacial score (nSPS) is 12.7. The largest absolute Gasteiger partial charge is 0.376 e. The summed E-state index contributed by atoms with van der Waals surface area (Å²) in [7, 11) is 0. The molecule has 2 heteroatoms. The molecule has 0 aliphatic carbocycles. The van der Waals surface area contributed by atoms with Gasteiger partial charge in [-0.05, 0) is 26.9 Å². The molecular formula is C7H17NO. The highest BCUT2D eigenvalue weighted by atomic mass is 16.3. The van der Waals surface area contributed by atoms with Gasteiger partial charge >= 0.3 is 0 Å². The van der Waals surface area contributed by atoms with Crippen LogP contribution in [0.5, 0.6) is 0 Å².